The average molecular weight is 426 g/mol. The molecule has 1 amide bonds. The maximum absolute atomic E-state index is 12.2. The quantitative estimate of drug-likeness (QED) is 0.590. The van der Waals surface area contributed by atoms with E-state index in [0.29, 0.717) is 0 Å². The number of hydrazone groups is 1. The van der Waals surface area contributed by atoms with Crippen molar-refractivity contribution in [3.8, 4) is 10.4 Å². The van der Waals surface area contributed by atoms with Crippen molar-refractivity contribution in [2.24, 2.45) is 5.10 Å². The molecule has 1 aliphatic rings. The van der Waals surface area contributed by atoms with E-state index < -0.39 is 11.9 Å². The summed E-state index contributed by atoms with van der Waals surface area (Å²) in [6.45, 7) is 6.52. The lowest BCUT2D eigenvalue weighted by Gasteiger charge is -2.24. The zero-order valence-corrected chi connectivity index (χ0v) is 18.4. The van der Waals surface area contributed by atoms with E-state index in [2.05, 4.69) is 48.1 Å². The minimum Gasteiger partial charge on any atom is -0.476 e. The van der Waals surface area contributed by atoms with Gasteiger partial charge in [-0.2, -0.15) is 5.10 Å². The van der Waals surface area contributed by atoms with E-state index in [4.69, 9.17) is 0 Å². The Balaban J connectivity index is 1.80. The summed E-state index contributed by atoms with van der Waals surface area (Å²) in [7, 11) is 1.45. The number of anilines is 1. The molecule has 0 atom stereocenters. The van der Waals surface area contributed by atoms with E-state index in [1.165, 1.54) is 36.9 Å². The summed E-state index contributed by atoms with van der Waals surface area (Å²) in [5, 5.41) is 14.2. The zero-order valence-electron chi connectivity index (χ0n) is 17.6. The van der Waals surface area contributed by atoms with Gasteiger partial charge < -0.3 is 10.0 Å². The van der Waals surface area contributed by atoms with Crippen LogP contribution in [0.1, 0.15) is 38.0 Å². The molecule has 1 aromatic carbocycles. The smallest absolute Gasteiger partial charge is 0.357 e. The molecular weight excluding hydrogens is 398 g/mol. The van der Waals surface area contributed by atoms with Crippen LogP contribution < -0.4 is 4.90 Å². The molecule has 0 saturated carbocycles. The van der Waals surface area contributed by atoms with Crippen LogP contribution in [0, 0.1) is 0 Å². The third-order valence-corrected chi connectivity index (χ3v) is 6.02. The standard InChI is InChI=1S/C23H27N3O3S/c1-4-6-14-26(13-5-2)17-9-7-16(8-10-17)20-12-11-18(30-20)15-19-21(23(28)29)24-25(3)22(19)27/h7-12,15H,4-6,13-14H2,1-3H3,(H,28,29)/b19-15-. The van der Waals surface area contributed by atoms with Crippen molar-refractivity contribution in [2.75, 3.05) is 25.0 Å². The van der Waals surface area contributed by atoms with Gasteiger partial charge in [0, 0.05) is 35.6 Å². The number of thiophene rings is 1. The number of nitrogens with zero attached hydrogens (tertiary/aromatic N) is 3. The number of unbranched alkanes of at least 4 members (excludes halogenated alkanes) is 1. The lowest BCUT2D eigenvalue weighted by molar-refractivity contribution is -0.129. The number of carboxylic acids is 1. The van der Waals surface area contributed by atoms with Gasteiger partial charge in [0.2, 0.25) is 0 Å². The van der Waals surface area contributed by atoms with Crippen molar-refractivity contribution >= 4 is 40.7 Å². The van der Waals surface area contributed by atoms with Crippen molar-refractivity contribution in [3.63, 3.8) is 0 Å². The molecule has 0 aliphatic carbocycles. The Hall–Kier alpha value is -2.93. The summed E-state index contributed by atoms with van der Waals surface area (Å²) in [6.07, 6.45) is 5.08. The van der Waals surface area contributed by atoms with Crippen LogP contribution in [0.3, 0.4) is 0 Å². The summed E-state index contributed by atoms with van der Waals surface area (Å²) in [6, 6.07) is 12.4. The fraction of sp³-hybridized carbons (Fsp3) is 0.348. The first kappa shape index (κ1) is 21.8. The first-order chi connectivity index (χ1) is 14.4. The third kappa shape index (κ3) is 4.79. The highest BCUT2D eigenvalue weighted by Gasteiger charge is 2.32. The summed E-state index contributed by atoms with van der Waals surface area (Å²) in [5.74, 6) is -1.61. The first-order valence-electron chi connectivity index (χ1n) is 10.2. The van der Waals surface area contributed by atoms with Gasteiger partial charge >= 0.3 is 5.97 Å². The second-order valence-electron chi connectivity index (χ2n) is 7.23. The molecule has 0 fully saturated rings. The highest BCUT2D eigenvalue weighted by atomic mass is 32.1. The Labute approximate surface area is 181 Å². The molecule has 2 heterocycles. The van der Waals surface area contributed by atoms with E-state index in [9.17, 15) is 14.7 Å². The molecule has 30 heavy (non-hydrogen) atoms. The van der Waals surface area contributed by atoms with Crippen molar-refractivity contribution < 1.29 is 14.7 Å². The highest BCUT2D eigenvalue weighted by molar-refractivity contribution is 7.16. The Morgan fingerprint density at radius 1 is 1.13 bits per heavy atom. The van der Waals surface area contributed by atoms with Crippen molar-refractivity contribution in [1.29, 1.82) is 0 Å². The summed E-state index contributed by atoms with van der Waals surface area (Å²) in [4.78, 5) is 27.9. The Kier molecular flexibility index (Phi) is 7.05. The number of aliphatic carboxylic acids is 1. The van der Waals surface area contributed by atoms with Crippen molar-refractivity contribution in [1.82, 2.24) is 5.01 Å². The number of carbonyl (C=O) groups is 2. The lowest BCUT2D eigenvalue weighted by Crippen LogP contribution is -2.25. The number of hydrogen-bond acceptors (Lipinski definition) is 5. The maximum Gasteiger partial charge on any atom is 0.357 e. The maximum atomic E-state index is 12.2. The van der Waals surface area contributed by atoms with E-state index in [0.717, 1.165) is 39.8 Å². The molecule has 2 aromatic rings. The van der Waals surface area contributed by atoms with E-state index in [1.807, 2.05) is 12.1 Å². The Bertz CT molecular complexity index is 976. The van der Waals surface area contributed by atoms with Crippen LogP contribution in [-0.4, -0.2) is 47.8 Å². The van der Waals surface area contributed by atoms with Gasteiger partial charge in [-0.25, -0.2) is 9.80 Å². The lowest BCUT2D eigenvalue weighted by atomic mass is 10.1. The molecule has 1 aromatic heterocycles. The molecule has 7 heteroatoms. The number of carboxylic acid groups (broad SMARTS) is 1. The molecule has 3 rings (SSSR count). The number of rotatable bonds is 9. The molecule has 0 spiro atoms. The second-order valence-corrected chi connectivity index (χ2v) is 8.35. The van der Waals surface area contributed by atoms with E-state index in [-0.39, 0.29) is 11.3 Å². The summed E-state index contributed by atoms with van der Waals surface area (Å²) >= 11 is 1.52. The number of carbonyl (C=O) groups excluding carboxylic acids is 1. The fourth-order valence-electron chi connectivity index (χ4n) is 3.37. The predicted octanol–water partition coefficient (Wildman–Crippen LogP) is 4.73. The average Bonchev–Trinajstić information content (AvgIpc) is 3.32. The molecular formula is C23H27N3O3S. The molecule has 0 unspecified atom stereocenters. The summed E-state index contributed by atoms with van der Waals surface area (Å²) < 4.78 is 0. The van der Waals surface area contributed by atoms with Gasteiger partial charge in [-0.15, -0.1) is 11.3 Å². The first-order valence-corrected chi connectivity index (χ1v) is 11.0. The largest absolute Gasteiger partial charge is 0.476 e. The molecule has 0 saturated heterocycles. The van der Waals surface area contributed by atoms with Crippen LogP contribution in [0.2, 0.25) is 0 Å². The Morgan fingerprint density at radius 2 is 1.87 bits per heavy atom. The van der Waals surface area contributed by atoms with Gasteiger partial charge in [-0.05, 0) is 48.7 Å². The van der Waals surface area contributed by atoms with Gasteiger partial charge in [0.25, 0.3) is 5.91 Å². The van der Waals surface area contributed by atoms with Crippen LogP contribution in [-0.2, 0) is 9.59 Å². The highest BCUT2D eigenvalue weighted by Crippen LogP contribution is 2.31. The van der Waals surface area contributed by atoms with Crippen molar-refractivity contribution in [3.05, 3.63) is 46.8 Å². The zero-order chi connectivity index (χ0) is 21.7. The van der Waals surface area contributed by atoms with Crippen LogP contribution in [0.4, 0.5) is 5.69 Å². The SMILES string of the molecule is CCCCN(CCC)c1ccc(-c2ccc(/C=C3\C(=O)N(C)N=C3C(=O)O)s2)cc1. The molecule has 6 nitrogen and oxygen atoms in total. The Morgan fingerprint density at radius 3 is 2.50 bits per heavy atom. The van der Waals surface area contributed by atoms with Gasteiger partial charge in [-0.3, -0.25) is 4.79 Å². The van der Waals surface area contributed by atoms with Crippen LogP contribution >= 0.6 is 11.3 Å². The number of hydrogen-bond donors (Lipinski definition) is 1. The fourth-order valence-corrected chi connectivity index (χ4v) is 4.32. The molecule has 0 radical (unpaired) electrons. The third-order valence-electron chi connectivity index (χ3n) is 4.94. The normalized spacial score (nSPS) is 15.0. The molecule has 1 N–H and O–H groups in total. The van der Waals surface area contributed by atoms with Crippen LogP contribution in [0.5, 0.6) is 0 Å². The number of benzene rings is 1. The number of amides is 1. The number of likely N-dealkylation sites (N-methyl/N-ethyl adjacent to an activating group) is 1. The molecule has 1 aliphatic heterocycles. The minimum atomic E-state index is -1.20. The van der Waals surface area contributed by atoms with Gasteiger partial charge in [-0.1, -0.05) is 32.4 Å². The predicted molar refractivity (Wildman–Crippen MR) is 123 cm³/mol. The second kappa shape index (κ2) is 9.71. The van der Waals surface area contributed by atoms with Gasteiger partial charge in [0.05, 0.1) is 5.57 Å². The van der Waals surface area contributed by atoms with E-state index in [1.54, 1.807) is 6.08 Å². The van der Waals surface area contributed by atoms with Gasteiger partial charge in [0.1, 0.15) is 0 Å². The van der Waals surface area contributed by atoms with Gasteiger partial charge in [0.15, 0.2) is 5.71 Å². The molecule has 0 bridgehead atoms. The monoisotopic (exact) mass is 425 g/mol. The molecule has 158 valence electrons. The minimum absolute atomic E-state index is 0.111. The summed E-state index contributed by atoms with van der Waals surface area (Å²) in [5.41, 5.74) is 2.22. The van der Waals surface area contributed by atoms with Crippen LogP contribution in [0.25, 0.3) is 16.5 Å². The van der Waals surface area contributed by atoms with E-state index >= 15 is 0 Å². The topological polar surface area (TPSA) is 73.2 Å². The van der Waals surface area contributed by atoms with Crippen molar-refractivity contribution in [2.45, 2.75) is 33.1 Å². The van der Waals surface area contributed by atoms with Crippen LogP contribution in [0.15, 0.2) is 47.1 Å².